The van der Waals surface area contributed by atoms with Crippen LogP contribution >= 0.6 is 12.4 Å². The quantitative estimate of drug-likeness (QED) is 0.722. The lowest BCUT2D eigenvalue weighted by Crippen LogP contribution is -2.26. The highest BCUT2D eigenvalue weighted by molar-refractivity contribution is 5.85. The van der Waals surface area contributed by atoms with Crippen molar-refractivity contribution in [2.24, 2.45) is 5.73 Å². The van der Waals surface area contributed by atoms with Gasteiger partial charge in [-0.25, -0.2) is 0 Å². The predicted molar refractivity (Wildman–Crippen MR) is 94.0 cm³/mol. The first-order valence-electron chi connectivity index (χ1n) is 7.55. The Hall–Kier alpha value is -1.75. The number of phenols is 1. The molecular formula is C18H24ClNO3. The standard InChI is InChI=1S/C18H23NO3.ClH/c1-2-6-16(20)18(19)15-10-9-14(11-17(15)21)22-12-13-7-4-3-5-8-13;/h3-5,7-11,16,18,20-21H,2,6,12,19H2,1H3;1H/t16-,18+;/m0./s1. The van der Waals surface area contributed by atoms with E-state index in [1.807, 2.05) is 37.3 Å². The molecule has 2 aromatic carbocycles. The molecule has 0 heterocycles. The molecule has 5 heteroatoms. The van der Waals surface area contributed by atoms with Crippen LogP contribution < -0.4 is 10.5 Å². The maximum atomic E-state index is 10.1. The first kappa shape index (κ1) is 19.3. The second-order valence-electron chi connectivity index (χ2n) is 5.38. The minimum absolute atomic E-state index is 0. The number of aromatic hydroxyl groups is 1. The summed E-state index contributed by atoms with van der Waals surface area (Å²) in [5.41, 5.74) is 7.58. The number of halogens is 1. The molecule has 2 atom stereocenters. The van der Waals surface area contributed by atoms with Crippen molar-refractivity contribution in [2.45, 2.75) is 38.5 Å². The van der Waals surface area contributed by atoms with Gasteiger partial charge in [0.2, 0.25) is 0 Å². The Morgan fingerprint density at radius 2 is 1.83 bits per heavy atom. The normalized spacial score (nSPS) is 13.0. The molecule has 126 valence electrons. The lowest BCUT2D eigenvalue weighted by atomic mass is 9.98. The first-order chi connectivity index (χ1) is 10.6. The van der Waals surface area contributed by atoms with Crippen LogP contribution in [0.5, 0.6) is 11.5 Å². The fourth-order valence-corrected chi connectivity index (χ4v) is 2.32. The van der Waals surface area contributed by atoms with Crippen LogP contribution in [-0.4, -0.2) is 16.3 Å². The Kier molecular flexibility index (Phi) is 7.89. The van der Waals surface area contributed by atoms with E-state index in [-0.39, 0.29) is 18.2 Å². The van der Waals surface area contributed by atoms with E-state index in [1.165, 1.54) is 6.07 Å². The van der Waals surface area contributed by atoms with Crippen LogP contribution in [0.15, 0.2) is 48.5 Å². The molecule has 4 nitrogen and oxygen atoms in total. The summed E-state index contributed by atoms with van der Waals surface area (Å²) in [5.74, 6) is 0.621. The Labute approximate surface area is 143 Å². The Bertz CT molecular complexity index is 592. The zero-order valence-electron chi connectivity index (χ0n) is 13.2. The number of hydrogen-bond donors (Lipinski definition) is 3. The van der Waals surface area contributed by atoms with E-state index < -0.39 is 12.1 Å². The smallest absolute Gasteiger partial charge is 0.124 e. The van der Waals surface area contributed by atoms with Gasteiger partial charge in [0.25, 0.3) is 0 Å². The number of hydrogen-bond acceptors (Lipinski definition) is 4. The molecule has 0 aliphatic rings. The predicted octanol–water partition coefficient (Wildman–Crippen LogP) is 3.55. The molecule has 0 fully saturated rings. The number of nitrogens with two attached hydrogens (primary N) is 1. The summed E-state index contributed by atoms with van der Waals surface area (Å²) < 4.78 is 5.65. The van der Waals surface area contributed by atoms with Gasteiger partial charge in [-0.05, 0) is 24.1 Å². The van der Waals surface area contributed by atoms with Gasteiger partial charge in [-0.1, -0.05) is 43.7 Å². The summed E-state index contributed by atoms with van der Waals surface area (Å²) in [4.78, 5) is 0. The largest absolute Gasteiger partial charge is 0.507 e. The third-order valence-electron chi connectivity index (χ3n) is 3.61. The van der Waals surface area contributed by atoms with E-state index in [2.05, 4.69) is 0 Å². The van der Waals surface area contributed by atoms with Crippen LogP contribution in [-0.2, 0) is 6.61 Å². The highest BCUT2D eigenvalue weighted by atomic mass is 35.5. The summed E-state index contributed by atoms with van der Waals surface area (Å²) in [6.45, 7) is 2.42. The van der Waals surface area contributed by atoms with Gasteiger partial charge in [0.1, 0.15) is 18.1 Å². The molecule has 0 aliphatic heterocycles. The van der Waals surface area contributed by atoms with E-state index >= 15 is 0 Å². The monoisotopic (exact) mass is 337 g/mol. The van der Waals surface area contributed by atoms with Crippen LogP contribution in [0.3, 0.4) is 0 Å². The van der Waals surface area contributed by atoms with Crippen molar-refractivity contribution in [1.82, 2.24) is 0 Å². The average molecular weight is 338 g/mol. The van der Waals surface area contributed by atoms with Gasteiger partial charge in [-0.3, -0.25) is 0 Å². The Balaban J connectivity index is 0.00000264. The van der Waals surface area contributed by atoms with Gasteiger partial charge in [-0.15, -0.1) is 12.4 Å². The molecule has 2 rings (SSSR count). The van der Waals surface area contributed by atoms with E-state index in [9.17, 15) is 10.2 Å². The van der Waals surface area contributed by atoms with Gasteiger partial charge < -0.3 is 20.7 Å². The molecular weight excluding hydrogens is 314 g/mol. The summed E-state index contributed by atoms with van der Waals surface area (Å²) >= 11 is 0. The molecule has 0 saturated carbocycles. The van der Waals surface area contributed by atoms with Crippen molar-refractivity contribution >= 4 is 12.4 Å². The molecule has 0 radical (unpaired) electrons. The van der Waals surface area contributed by atoms with Gasteiger partial charge in [0.05, 0.1) is 12.1 Å². The number of rotatable bonds is 7. The number of aliphatic hydroxyl groups is 1. The van der Waals surface area contributed by atoms with Crippen LogP contribution in [0, 0.1) is 0 Å². The molecule has 0 aliphatic carbocycles. The fraction of sp³-hybridized carbons (Fsp3) is 0.333. The highest BCUT2D eigenvalue weighted by Crippen LogP contribution is 2.30. The highest BCUT2D eigenvalue weighted by Gasteiger charge is 2.19. The van der Waals surface area contributed by atoms with Crippen LogP contribution in [0.1, 0.15) is 36.9 Å². The number of ether oxygens (including phenoxy) is 1. The lowest BCUT2D eigenvalue weighted by molar-refractivity contribution is 0.133. The third-order valence-corrected chi connectivity index (χ3v) is 3.61. The molecule has 0 bridgehead atoms. The minimum atomic E-state index is -0.660. The van der Waals surface area contributed by atoms with E-state index in [1.54, 1.807) is 12.1 Å². The van der Waals surface area contributed by atoms with Crippen molar-refractivity contribution in [2.75, 3.05) is 0 Å². The fourth-order valence-electron chi connectivity index (χ4n) is 2.32. The maximum Gasteiger partial charge on any atom is 0.124 e. The minimum Gasteiger partial charge on any atom is -0.507 e. The summed E-state index contributed by atoms with van der Waals surface area (Å²) in [7, 11) is 0. The first-order valence-corrected chi connectivity index (χ1v) is 7.55. The van der Waals surface area contributed by atoms with Crippen molar-refractivity contribution < 1.29 is 14.9 Å². The van der Waals surface area contributed by atoms with E-state index in [0.717, 1.165) is 12.0 Å². The molecule has 0 saturated heterocycles. The summed E-state index contributed by atoms with van der Waals surface area (Å²) in [5, 5.41) is 20.1. The van der Waals surface area contributed by atoms with Crippen molar-refractivity contribution in [3.8, 4) is 11.5 Å². The maximum absolute atomic E-state index is 10.1. The molecule has 0 amide bonds. The number of phenolic OH excluding ortho intramolecular Hbond substituents is 1. The van der Waals surface area contributed by atoms with Gasteiger partial charge in [0.15, 0.2) is 0 Å². The van der Waals surface area contributed by atoms with Crippen molar-refractivity contribution in [3.05, 3.63) is 59.7 Å². The molecule has 0 spiro atoms. The SMILES string of the molecule is CCC[C@H](O)[C@H](N)c1ccc(OCc2ccccc2)cc1O.Cl. The van der Waals surface area contributed by atoms with Crippen LogP contribution in [0.4, 0.5) is 0 Å². The summed E-state index contributed by atoms with van der Waals surface area (Å²) in [6.07, 6.45) is 0.785. The molecule has 0 unspecified atom stereocenters. The van der Waals surface area contributed by atoms with Crippen LogP contribution in [0.25, 0.3) is 0 Å². The molecule has 0 aromatic heterocycles. The van der Waals surface area contributed by atoms with Gasteiger partial charge in [0, 0.05) is 11.6 Å². The number of aliphatic hydroxyl groups excluding tert-OH is 1. The van der Waals surface area contributed by atoms with Crippen molar-refractivity contribution in [1.29, 1.82) is 0 Å². The van der Waals surface area contributed by atoms with Crippen LogP contribution in [0.2, 0.25) is 0 Å². The van der Waals surface area contributed by atoms with Crippen molar-refractivity contribution in [3.63, 3.8) is 0 Å². The third kappa shape index (κ3) is 5.43. The summed E-state index contributed by atoms with van der Waals surface area (Å²) in [6, 6.07) is 14.2. The second-order valence-corrected chi connectivity index (χ2v) is 5.38. The Morgan fingerprint density at radius 3 is 2.43 bits per heavy atom. The molecule has 2 aromatic rings. The van der Waals surface area contributed by atoms with E-state index in [4.69, 9.17) is 10.5 Å². The Morgan fingerprint density at radius 1 is 1.13 bits per heavy atom. The molecule has 4 N–H and O–H groups in total. The average Bonchev–Trinajstić information content (AvgIpc) is 2.53. The van der Waals surface area contributed by atoms with E-state index in [0.29, 0.717) is 24.3 Å². The van der Waals surface area contributed by atoms with Gasteiger partial charge >= 0.3 is 0 Å². The zero-order chi connectivity index (χ0) is 15.9. The lowest BCUT2D eigenvalue weighted by Gasteiger charge is -2.20. The molecule has 23 heavy (non-hydrogen) atoms. The topological polar surface area (TPSA) is 75.7 Å². The van der Waals surface area contributed by atoms with Gasteiger partial charge in [-0.2, -0.15) is 0 Å². The second kappa shape index (κ2) is 9.40. The zero-order valence-corrected chi connectivity index (χ0v) is 14.0. The number of benzene rings is 2.